The number of hydrogen-bond donors (Lipinski definition) is 1. The molecule has 0 fully saturated rings. The Morgan fingerprint density at radius 2 is 1.52 bits per heavy atom. The molecule has 2 aliphatic rings. The van der Waals surface area contributed by atoms with Crippen LogP contribution in [0.15, 0.2) is 107 Å². The van der Waals surface area contributed by atoms with Crippen molar-refractivity contribution in [1.82, 2.24) is 9.78 Å². The van der Waals surface area contributed by atoms with Crippen LogP contribution in [-0.4, -0.2) is 21.5 Å². The fraction of sp³-hybridized carbons (Fsp3) is 0.0645. The second-order valence-electron chi connectivity index (χ2n) is 9.53. The molecule has 0 saturated heterocycles. The Bertz CT molecular complexity index is 1830. The second-order valence-corrected chi connectivity index (χ2v) is 10.4. The average molecular weight is 567 g/mol. The highest BCUT2D eigenvalue weighted by atomic mass is 35.5. The number of para-hydroxylation sites is 3. The predicted octanol–water partition coefficient (Wildman–Crippen LogP) is 8.42. The van der Waals surface area contributed by atoms with Crippen molar-refractivity contribution in [2.45, 2.75) is 13.0 Å². The number of aromatic nitrogens is 2. The minimum atomic E-state index is -0.558. The molecule has 4 aromatic carbocycles. The molecule has 1 aromatic heterocycles. The van der Waals surface area contributed by atoms with Crippen molar-refractivity contribution >= 4 is 57.8 Å². The summed E-state index contributed by atoms with van der Waals surface area (Å²) in [5.74, 6) is 1.29. The van der Waals surface area contributed by atoms with Crippen molar-refractivity contribution in [3.05, 3.63) is 130 Å². The molecule has 0 saturated carbocycles. The lowest BCUT2D eigenvalue weighted by Crippen LogP contribution is -2.46. The maximum absolute atomic E-state index is 15.6. The van der Waals surface area contributed by atoms with Crippen molar-refractivity contribution in [2.24, 2.45) is 9.98 Å². The number of halogens is 3. The molecule has 1 N–H and O–H groups in total. The first-order chi connectivity index (χ1) is 19.5. The summed E-state index contributed by atoms with van der Waals surface area (Å²) in [5, 5.41) is 9.22. The molecule has 0 amide bonds. The lowest BCUT2D eigenvalue weighted by atomic mass is 9.93. The zero-order valence-electron chi connectivity index (χ0n) is 21.2. The summed E-state index contributed by atoms with van der Waals surface area (Å²) < 4.78 is 17.4. The van der Waals surface area contributed by atoms with Crippen molar-refractivity contribution < 1.29 is 4.39 Å². The summed E-state index contributed by atoms with van der Waals surface area (Å²) in [6, 6.07) is 29.0. The molecule has 1 atom stereocenters. The molecular weight excluding hydrogens is 546 g/mol. The van der Waals surface area contributed by atoms with Gasteiger partial charge >= 0.3 is 0 Å². The Morgan fingerprint density at radius 1 is 0.825 bits per heavy atom. The number of fused-ring (bicyclic) bond motifs is 4. The lowest BCUT2D eigenvalue weighted by molar-refractivity contribution is 0.597. The van der Waals surface area contributed by atoms with E-state index in [4.69, 9.17) is 38.3 Å². The summed E-state index contributed by atoms with van der Waals surface area (Å²) in [4.78, 5) is 12.1. The van der Waals surface area contributed by atoms with Gasteiger partial charge in [-0.15, -0.1) is 0 Å². The Kier molecular flexibility index (Phi) is 5.91. The van der Waals surface area contributed by atoms with Crippen LogP contribution in [0.2, 0.25) is 10.0 Å². The van der Waals surface area contributed by atoms with E-state index in [1.807, 2.05) is 78.6 Å². The molecule has 0 bridgehead atoms. The number of aryl methyl sites for hydroxylation is 1. The number of amidine groups is 2. The fourth-order valence-corrected chi connectivity index (χ4v) is 5.83. The highest BCUT2D eigenvalue weighted by molar-refractivity contribution is 6.52. The van der Waals surface area contributed by atoms with Crippen LogP contribution in [0.5, 0.6) is 0 Å². The van der Waals surface area contributed by atoms with E-state index in [-0.39, 0.29) is 5.82 Å². The summed E-state index contributed by atoms with van der Waals surface area (Å²) in [5.41, 5.74) is 5.11. The molecule has 40 heavy (non-hydrogen) atoms. The number of hydrogen-bond acceptors (Lipinski definition) is 5. The van der Waals surface area contributed by atoms with Gasteiger partial charge in [-0.05, 0) is 55.5 Å². The molecule has 7 rings (SSSR count). The number of anilines is 2. The van der Waals surface area contributed by atoms with Gasteiger partial charge in [-0.3, -0.25) is 0 Å². The monoisotopic (exact) mass is 566 g/mol. The van der Waals surface area contributed by atoms with Gasteiger partial charge in [0.25, 0.3) is 0 Å². The second kappa shape index (κ2) is 9.62. The molecular formula is C31H21Cl2FN6. The topological polar surface area (TPSA) is 57.8 Å². The van der Waals surface area contributed by atoms with Crippen LogP contribution in [-0.2, 0) is 0 Å². The van der Waals surface area contributed by atoms with Gasteiger partial charge in [-0.1, -0.05) is 71.7 Å². The highest BCUT2D eigenvalue weighted by Crippen LogP contribution is 2.48. The lowest BCUT2D eigenvalue weighted by Gasteiger charge is -2.40. The van der Waals surface area contributed by atoms with E-state index < -0.39 is 6.04 Å². The van der Waals surface area contributed by atoms with Crippen LogP contribution in [0.3, 0.4) is 0 Å². The van der Waals surface area contributed by atoms with Gasteiger partial charge in [0, 0.05) is 26.9 Å². The quantitative estimate of drug-likeness (QED) is 0.238. The van der Waals surface area contributed by atoms with Crippen LogP contribution < -0.4 is 10.2 Å². The number of aliphatic imine (C=N–C) groups is 2. The third kappa shape index (κ3) is 4.06. The van der Waals surface area contributed by atoms with Crippen LogP contribution in [0.4, 0.5) is 27.3 Å². The molecule has 0 radical (unpaired) electrons. The maximum Gasteiger partial charge on any atom is 0.179 e. The van der Waals surface area contributed by atoms with Crippen molar-refractivity contribution in [3.63, 3.8) is 0 Å². The maximum atomic E-state index is 15.6. The van der Waals surface area contributed by atoms with E-state index in [0.717, 1.165) is 28.3 Å². The zero-order chi connectivity index (χ0) is 27.4. The number of nitrogens with one attached hydrogen (secondary N) is 1. The summed E-state index contributed by atoms with van der Waals surface area (Å²) in [7, 11) is 0. The Balaban J connectivity index is 1.51. The normalized spacial score (nSPS) is 15.5. The van der Waals surface area contributed by atoms with E-state index >= 15 is 4.39 Å². The van der Waals surface area contributed by atoms with Gasteiger partial charge in [0.2, 0.25) is 0 Å². The average Bonchev–Trinajstić information content (AvgIpc) is 3.28. The zero-order valence-corrected chi connectivity index (χ0v) is 22.7. The molecule has 0 aliphatic carbocycles. The van der Waals surface area contributed by atoms with Gasteiger partial charge in [-0.2, -0.15) is 5.10 Å². The van der Waals surface area contributed by atoms with E-state index in [9.17, 15) is 0 Å². The molecule has 3 heterocycles. The Labute approximate surface area is 240 Å². The van der Waals surface area contributed by atoms with Gasteiger partial charge in [0.05, 0.1) is 28.8 Å². The Hall–Kier alpha value is -4.46. The summed E-state index contributed by atoms with van der Waals surface area (Å²) in [6.07, 6.45) is 0. The third-order valence-corrected chi connectivity index (χ3v) is 7.40. The van der Waals surface area contributed by atoms with E-state index in [1.165, 1.54) is 6.07 Å². The van der Waals surface area contributed by atoms with E-state index in [1.54, 1.807) is 28.9 Å². The molecule has 196 valence electrons. The van der Waals surface area contributed by atoms with Crippen molar-refractivity contribution in [2.75, 3.05) is 10.2 Å². The predicted molar refractivity (Wildman–Crippen MR) is 160 cm³/mol. The minimum Gasteiger partial charge on any atom is -0.337 e. The number of rotatable bonds is 3. The standard InChI is InChI=1S/C31H21Cl2FN6/c1-18-27-28(23-11-5-6-12-24(23)34)39-26-14-8-7-13-25(26)36-29(35-21-16-19(32)15-20(33)17-21)31(39)37-30(27)40(38-18)22-9-3-2-4-10-22/h2-17,28H,1H3,(H,35,36)/t28-/m0/s1. The van der Waals surface area contributed by atoms with E-state index in [0.29, 0.717) is 38.8 Å². The van der Waals surface area contributed by atoms with Crippen LogP contribution in [0.25, 0.3) is 5.69 Å². The fourth-order valence-electron chi connectivity index (χ4n) is 5.30. The molecule has 0 spiro atoms. The highest BCUT2D eigenvalue weighted by Gasteiger charge is 2.42. The van der Waals surface area contributed by atoms with Crippen molar-refractivity contribution in [1.29, 1.82) is 0 Å². The smallest absolute Gasteiger partial charge is 0.179 e. The van der Waals surface area contributed by atoms with Crippen LogP contribution >= 0.6 is 23.2 Å². The first-order valence-corrected chi connectivity index (χ1v) is 13.4. The number of nitrogens with zero attached hydrogens (tertiary/aromatic N) is 5. The first kappa shape index (κ1) is 24.6. The van der Waals surface area contributed by atoms with Crippen LogP contribution in [0.1, 0.15) is 22.9 Å². The molecule has 0 unspecified atom stereocenters. The summed E-state index contributed by atoms with van der Waals surface area (Å²) >= 11 is 12.6. The van der Waals surface area contributed by atoms with Crippen molar-refractivity contribution in [3.8, 4) is 5.69 Å². The third-order valence-electron chi connectivity index (χ3n) is 6.96. The van der Waals surface area contributed by atoms with E-state index in [2.05, 4.69) is 5.32 Å². The SMILES string of the molecule is Cc1nn(-c2ccccc2)c2c1[C@H](c1ccccc1F)N1C(=N2)C(Nc2cc(Cl)cc(Cl)c2)=Nc2ccccc21. The van der Waals surface area contributed by atoms with Gasteiger partial charge in [0.1, 0.15) is 5.82 Å². The minimum absolute atomic E-state index is 0.317. The molecule has 9 heteroatoms. The molecule has 5 aromatic rings. The molecule has 2 aliphatic heterocycles. The Morgan fingerprint density at radius 3 is 2.30 bits per heavy atom. The first-order valence-electron chi connectivity index (χ1n) is 12.7. The summed E-state index contributed by atoms with van der Waals surface area (Å²) in [6.45, 7) is 1.93. The van der Waals surface area contributed by atoms with Gasteiger partial charge in [-0.25, -0.2) is 19.1 Å². The largest absolute Gasteiger partial charge is 0.337 e. The van der Waals surface area contributed by atoms with Gasteiger partial charge in [0.15, 0.2) is 17.5 Å². The number of benzene rings is 4. The van der Waals surface area contributed by atoms with Gasteiger partial charge < -0.3 is 10.2 Å². The van der Waals surface area contributed by atoms with Crippen LogP contribution in [0, 0.1) is 12.7 Å². The molecule has 6 nitrogen and oxygen atoms in total.